The van der Waals surface area contributed by atoms with Gasteiger partial charge in [-0.2, -0.15) is 0 Å². The van der Waals surface area contributed by atoms with E-state index < -0.39 is 5.41 Å². The minimum absolute atomic E-state index is 0.0316. The summed E-state index contributed by atoms with van der Waals surface area (Å²) in [6, 6.07) is 11.9. The Morgan fingerprint density at radius 2 is 2.00 bits per heavy atom. The Morgan fingerprint density at radius 1 is 1.17 bits per heavy atom. The zero-order valence-corrected chi connectivity index (χ0v) is 13.9. The summed E-state index contributed by atoms with van der Waals surface area (Å²) in [7, 11) is 0. The number of fused-ring (bicyclic) bond motifs is 1. The lowest BCUT2D eigenvalue weighted by molar-refractivity contribution is -0.119. The lowest BCUT2D eigenvalue weighted by Gasteiger charge is -2.14. The average molecular weight is 318 g/mol. The van der Waals surface area contributed by atoms with Crippen molar-refractivity contribution in [2.45, 2.75) is 26.2 Å². The van der Waals surface area contributed by atoms with E-state index in [1.54, 1.807) is 6.33 Å². The summed E-state index contributed by atoms with van der Waals surface area (Å²) in [5, 5.41) is 2.96. The maximum atomic E-state index is 12.1. The quantitative estimate of drug-likeness (QED) is 0.787. The highest BCUT2D eigenvalue weighted by atomic mass is 16.2. The van der Waals surface area contributed by atoms with Crippen LogP contribution in [-0.4, -0.2) is 20.4 Å². The van der Waals surface area contributed by atoms with E-state index in [1.165, 1.54) is 0 Å². The summed E-state index contributed by atoms with van der Waals surface area (Å²) in [4.78, 5) is 21.1. The molecule has 0 saturated carbocycles. The predicted octanol–water partition coefficient (Wildman–Crippen LogP) is 3.47. The molecule has 24 heavy (non-hydrogen) atoms. The van der Waals surface area contributed by atoms with Crippen LogP contribution in [0.1, 0.15) is 25.1 Å². The summed E-state index contributed by atoms with van der Waals surface area (Å²) in [6.07, 6.45) is 3.71. The molecule has 5 heteroatoms. The van der Waals surface area contributed by atoms with E-state index in [0.717, 1.165) is 34.0 Å². The Bertz CT molecular complexity index is 956. The monoisotopic (exact) mass is 318 g/mol. The van der Waals surface area contributed by atoms with Crippen molar-refractivity contribution in [1.82, 2.24) is 14.5 Å². The van der Waals surface area contributed by atoms with E-state index in [1.807, 2.05) is 67.9 Å². The third-order valence-corrected chi connectivity index (χ3v) is 4.53. The number of imidazole rings is 1. The van der Waals surface area contributed by atoms with Gasteiger partial charge >= 0.3 is 0 Å². The van der Waals surface area contributed by atoms with Crippen LogP contribution in [0.25, 0.3) is 17.1 Å². The average Bonchev–Trinajstić information content (AvgIpc) is 3.12. The minimum atomic E-state index is -0.487. The SMILES string of the molecule is Cc1cccc(-n2cnc(-c3ccc4c(c3)NC(=O)C4(C)C)c2)n1. The number of nitrogens with one attached hydrogen (secondary N) is 1. The first-order valence-corrected chi connectivity index (χ1v) is 7.89. The van der Waals surface area contributed by atoms with Crippen LogP contribution >= 0.6 is 0 Å². The minimum Gasteiger partial charge on any atom is -0.325 e. The van der Waals surface area contributed by atoms with E-state index in [0.29, 0.717) is 0 Å². The molecular formula is C19H18N4O. The molecule has 0 spiro atoms. The van der Waals surface area contributed by atoms with Crippen LogP contribution in [0.2, 0.25) is 0 Å². The van der Waals surface area contributed by atoms with Gasteiger partial charge < -0.3 is 5.32 Å². The molecule has 1 N–H and O–H groups in total. The van der Waals surface area contributed by atoms with E-state index >= 15 is 0 Å². The van der Waals surface area contributed by atoms with E-state index in [4.69, 9.17) is 0 Å². The number of nitrogens with zero attached hydrogens (tertiary/aromatic N) is 3. The number of hydrogen-bond donors (Lipinski definition) is 1. The van der Waals surface area contributed by atoms with Crippen molar-refractivity contribution in [3.05, 3.63) is 60.2 Å². The van der Waals surface area contributed by atoms with Crippen molar-refractivity contribution >= 4 is 11.6 Å². The van der Waals surface area contributed by atoms with Gasteiger partial charge in [-0.15, -0.1) is 0 Å². The van der Waals surface area contributed by atoms with E-state index in [9.17, 15) is 4.79 Å². The van der Waals surface area contributed by atoms with Crippen LogP contribution < -0.4 is 5.32 Å². The molecule has 4 rings (SSSR count). The highest BCUT2D eigenvalue weighted by Crippen LogP contribution is 2.39. The maximum Gasteiger partial charge on any atom is 0.234 e. The lowest BCUT2D eigenvalue weighted by Crippen LogP contribution is -2.26. The largest absolute Gasteiger partial charge is 0.325 e. The van der Waals surface area contributed by atoms with E-state index in [-0.39, 0.29) is 5.91 Å². The molecule has 3 heterocycles. The topological polar surface area (TPSA) is 59.8 Å². The third-order valence-electron chi connectivity index (χ3n) is 4.53. The number of anilines is 1. The highest BCUT2D eigenvalue weighted by Gasteiger charge is 2.38. The van der Waals surface area contributed by atoms with Gasteiger partial charge in [0.25, 0.3) is 0 Å². The van der Waals surface area contributed by atoms with Gasteiger partial charge in [-0.25, -0.2) is 9.97 Å². The van der Waals surface area contributed by atoms with Gasteiger partial charge in [-0.05, 0) is 44.5 Å². The fraction of sp³-hybridized carbons (Fsp3) is 0.211. The number of carbonyl (C=O) groups excluding carboxylic acids is 1. The molecule has 1 amide bonds. The number of benzene rings is 1. The third kappa shape index (κ3) is 2.21. The van der Waals surface area contributed by atoms with Gasteiger partial charge in [-0.1, -0.05) is 18.2 Å². The van der Waals surface area contributed by atoms with Gasteiger partial charge in [-0.3, -0.25) is 9.36 Å². The Balaban J connectivity index is 1.72. The molecule has 3 aromatic rings. The van der Waals surface area contributed by atoms with Gasteiger partial charge in [0.15, 0.2) is 0 Å². The predicted molar refractivity (Wildman–Crippen MR) is 93.2 cm³/mol. The van der Waals surface area contributed by atoms with Crippen LogP contribution in [0.3, 0.4) is 0 Å². The van der Waals surface area contributed by atoms with Crippen molar-refractivity contribution in [2.75, 3.05) is 5.32 Å². The Hall–Kier alpha value is -2.95. The second-order valence-electron chi connectivity index (χ2n) is 6.64. The summed E-state index contributed by atoms with van der Waals surface area (Å²) in [5.74, 6) is 0.869. The van der Waals surface area contributed by atoms with Crippen molar-refractivity contribution < 1.29 is 4.79 Å². The number of rotatable bonds is 2. The molecule has 0 radical (unpaired) electrons. The number of aromatic nitrogens is 3. The standard InChI is InChI=1S/C19H18N4O/c1-12-5-4-6-17(21-12)23-10-16(20-11-23)13-7-8-14-15(9-13)22-18(24)19(14,2)3/h4-11H,1-3H3,(H,22,24). The molecule has 120 valence electrons. The summed E-state index contributed by atoms with van der Waals surface area (Å²) in [5.41, 5.74) is 4.18. The fourth-order valence-corrected chi connectivity index (χ4v) is 3.02. The number of hydrogen-bond acceptors (Lipinski definition) is 3. The molecule has 0 aliphatic carbocycles. The molecule has 0 saturated heterocycles. The molecular weight excluding hydrogens is 300 g/mol. The zero-order valence-electron chi connectivity index (χ0n) is 13.9. The number of pyridine rings is 1. The lowest BCUT2D eigenvalue weighted by atomic mass is 9.86. The molecule has 0 fully saturated rings. The van der Waals surface area contributed by atoms with Crippen molar-refractivity contribution in [2.24, 2.45) is 0 Å². The van der Waals surface area contributed by atoms with Crippen molar-refractivity contribution in [1.29, 1.82) is 0 Å². The molecule has 2 aromatic heterocycles. The second-order valence-corrected chi connectivity index (χ2v) is 6.64. The molecule has 5 nitrogen and oxygen atoms in total. The first-order chi connectivity index (χ1) is 11.4. The number of amides is 1. The fourth-order valence-electron chi connectivity index (χ4n) is 3.02. The van der Waals surface area contributed by atoms with Crippen molar-refractivity contribution in [3.8, 4) is 17.1 Å². The maximum absolute atomic E-state index is 12.1. The summed E-state index contributed by atoms with van der Waals surface area (Å²) < 4.78 is 1.90. The first-order valence-electron chi connectivity index (χ1n) is 7.89. The van der Waals surface area contributed by atoms with Crippen molar-refractivity contribution in [3.63, 3.8) is 0 Å². The summed E-state index contributed by atoms with van der Waals surface area (Å²) >= 11 is 0. The Kier molecular flexibility index (Phi) is 3.06. The molecule has 0 atom stereocenters. The zero-order chi connectivity index (χ0) is 16.9. The molecule has 1 aliphatic heterocycles. The Morgan fingerprint density at radius 3 is 2.79 bits per heavy atom. The summed E-state index contributed by atoms with van der Waals surface area (Å²) in [6.45, 7) is 5.84. The highest BCUT2D eigenvalue weighted by molar-refractivity contribution is 6.06. The Labute approximate surface area is 140 Å². The van der Waals surface area contributed by atoms with Crippen LogP contribution in [0.4, 0.5) is 5.69 Å². The number of carbonyl (C=O) groups is 1. The van der Waals surface area contributed by atoms with Gasteiger partial charge in [0, 0.05) is 23.1 Å². The van der Waals surface area contributed by atoms with Crippen LogP contribution in [0.5, 0.6) is 0 Å². The molecule has 1 aliphatic rings. The first kappa shape index (κ1) is 14.6. The van der Waals surface area contributed by atoms with Gasteiger partial charge in [0.1, 0.15) is 12.1 Å². The molecule has 0 unspecified atom stereocenters. The van der Waals surface area contributed by atoms with Crippen LogP contribution in [0, 0.1) is 6.92 Å². The smallest absolute Gasteiger partial charge is 0.234 e. The molecule has 1 aromatic carbocycles. The normalized spacial score (nSPS) is 15.2. The number of aryl methyl sites for hydroxylation is 1. The second kappa shape index (κ2) is 5.03. The van der Waals surface area contributed by atoms with Gasteiger partial charge in [0.2, 0.25) is 5.91 Å². The van der Waals surface area contributed by atoms with Crippen LogP contribution in [-0.2, 0) is 10.2 Å². The van der Waals surface area contributed by atoms with E-state index in [2.05, 4.69) is 15.3 Å². The van der Waals surface area contributed by atoms with Gasteiger partial charge in [0.05, 0.1) is 11.1 Å². The molecule has 0 bridgehead atoms. The van der Waals surface area contributed by atoms with Crippen LogP contribution in [0.15, 0.2) is 48.9 Å².